The lowest BCUT2D eigenvalue weighted by molar-refractivity contribution is -0.121. The van der Waals surface area contributed by atoms with Gasteiger partial charge in [-0.3, -0.25) is 4.79 Å². The molecule has 0 radical (unpaired) electrons. The van der Waals surface area contributed by atoms with E-state index >= 15 is 0 Å². The first-order chi connectivity index (χ1) is 15.2. The van der Waals surface area contributed by atoms with Crippen molar-refractivity contribution in [2.75, 3.05) is 19.6 Å². The van der Waals surface area contributed by atoms with Crippen molar-refractivity contribution in [3.63, 3.8) is 0 Å². The molecule has 3 N–H and O–H groups in total. The Morgan fingerprint density at radius 3 is 2.56 bits per heavy atom. The Morgan fingerprint density at radius 1 is 1.22 bits per heavy atom. The van der Waals surface area contributed by atoms with Crippen LogP contribution in [0.5, 0.6) is 0 Å². The third-order valence-electron chi connectivity index (χ3n) is 6.54. The molecular formula is C22H24F3N5O2. The van der Waals surface area contributed by atoms with Crippen molar-refractivity contribution in [1.29, 1.82) is 5.26 Å². The zero-order valence-electron chi connectivity index (χ0n) is 17.4. The predicted molar refractivity (Wildman–Crippen MR) is 109 cm³/mol. The summed E-state index contributed by atoms with van der Waals surface area (Å²) in [4.78, 5) is 28.5. The molecule has 0 spiro atoms. The normalized spacial score (nSPS) is 25.3. The van der Waals surface area contributed by atoms with Gasteiger partial charge in [0.1, 0.15) is 17.6 Å². The summed E-state index contributed by atoms with van der Waals surface area (Å²) in [5, 5.41) is 12.6. The minimum absolute atomic E-state index is 0.131. The number of primary amides is 1. The Morgan fingerprint density at radius 2 is 1.94 bits per heavy atom. The number of carbonyl (C=O) groups excluding carboxylic acids is 2. The van der Waals surface area contributed by atoms with Crippen LogP contribution in [0.4, 0.5) is 18.0 Å². The summed E-state index contributed by atoms with van der Waals surface area (Å²) in [5.41, 5.74) is 6.70. The molecule has 2 atom stereocenters. The van der Waals surface area contributed by atoms with E-state index in [1.807, 2.05) is 0 Å². The Hall–Kier alpha value is -3.22. The van der Waals surface area contributed by atoms with E-state index in [1.165, 1.54) is 23.1 Å². The lowest BCUT2D eigenvalue weighted by atomic mass is 9.87. The van der Waals surface area contributed by atoms with Gasteiger partial charge in [0.15, 0.2) is 0 Å². The van der Waals surface area contributed by atoms with Crippen LogP contribution < -0.4 is 11.1 Å². The minimum atomic E-state index is -2.68. The summed E-state index contributed by atoms with van der Waals surface area (Å²) in [6.45, 7) is 0.719. The summed E-state index contributed by atoms with van der Waals surface area (Å²) >= 11 is 0. The molecule has 1 aliphatic carbocycles. The molecule has 0 aromatic heterocycles. The molecule has 3 aliphatic rings. The quantitative estimate of drug-likeness (QED) is 0.743. The van der Waals surface area contributed by atoms with Gasteiger partial charge in [0.2, 0.25) is 11.8 Å². The minimum Gasteiger partial charge on any atom is -0.369 e. The van der Waals surface area contributed by atoms with E-state index in [-0.39, 0.29) is 56.5 Å². The van der Waals surface area contributed by atoms with E-state index in [0.29, 0.717) is 17.7 Å². The third-order valence-corrected chi connectivity index (χ3v) is 6.54. The second-order valence-corrected chi connectivity index (χ2v) is 8.55. The van der Waals surface area contributed by atoms with Crippen molar-refractivity contribution in [2.45, 2.75) is 43.7 Å². The summed E-state index contributed by atoms with van der Waals surface area (Å²) in [7, 11) is 0. The van der Waals surface area contributed by atoms with Gasteiger partial charge in [-0.1, -0.05) is 12.1 Å². The van der Waals surface area contributed by atoms with E-state index in [1.54, 1.807) is 11.0 Å². The van der Waals surface area contributed by atoms with Crippen LogP contribution in [-0.4, -0.2) is 59.4 Å². The molecule has 3 amide bonds. The number of urea groups is 1. The SMILES string of the molecule is N#CC1=C(c2cccc(F)c2)C(C(N)=O)C2CN(C(=O)NC3CCC(F)(F)CC3)CCN12. The molecule has 170 valence electrons. The van der Waals surface area contributed by atoms with Crippen LogP contribution in [0, 0.1) is 23.1 Å². The number of halogens is 3. The number of alkyl halides is 2. The average molecular weight is 447 g/mol. The number of nitrogens with two attached hydrogens (primary N) is 1. The molecule has 1 saturated heterocycles. The Balaban J connectivity index is 1.52. The molecule has 10 heteroatoms. The number of benzene rings is 1. The van der Waals surface area contributed by atoms with Gasteiger partial charge in [-0.2, -0.15) is 5.26 Å². The first kappa shape index (κ1) is 22.0. The van der Waals surface area contributed by atoms with Crippen LogP contribution in [0.15, 0.2) is 30.0 Å². The number of nitriles is 1. The maximum Gasteiger partial charge on any atom is 0.317 e. The molecule has 2 heterocycles. The van der Waals surface area contributed by atoms with Gasteiger partial charge in [0.25, 0.3) is 0 Å². The highest BCUT2D eigenvalue weighted by molar-refractivity contribution is 5.95. The van der Waals surface area contributed by atoms with E-state index in [0.717, 1.165) is 0 Å². The number of hydrogen-bond acceptors (Lipinski definition) is 4. The number of nitrogens with one attached hydrogen (secondary N) is 1. The van der Waals surface area contributed by atoms with Crippen LogP contribution in [0.2, 0.25) is 0 Å². The van der Waals surface area contributed by atoms with Gasteiger partial charge in [0.05, 0.1) is 12.0 Å². The highest BCUT2D eigenvalue weighted by Crippen LogP contribution is 2.42. The van der Waals surface area contributed by atoms with Crippen LogP contribution in [0.3, 0.4) is 0 Å². The van der Waals surface area contributed by atoms with E-state index in [4.69, 9.17) is 5.73 Å². The van der Waals surface area contributed by atoms with Crippen molar-refractivity contribution in [3.8, 4) is 6.07 Å². The maximum atomic E-state index is 13.8. The van der Waals surface area contributed by atoms with Crippen LogP contribution >= 0.6 is 0 Å². The number of hydrogen-bond donors (Lipinski definition) is 2. The van der Waals surface area contributed by atoms with Crippen molar-refractivity contribution in [1.82, 2.24) is 15.1 Å². The Bertz CT molecular complexity index is 996. The van der Waals surface area contributed by atoms with Crippen molar-refractivity contribution in [3.05, 3.63) is 41.3 Å². The molecule has 2 unspecified atom stereocenters. The van der Waals surface area contributed by atoms with Crippen molar-refractivity contribution < 1.29 is 22.8 Å². The van der Waals surface area contributed by atoms with Gasteiger partial charge >= 0.3 is 6.03 Å². The standard InChI is InChI=1S/C22H24F3N5O2/c23-14-3-1-2-13(10-14)18-16(11-26)30-9-8-29(12-17(30)19(18)20(27)31)21(32)28-15-4-6-22(24,25)7-5-15/h1-3,10,15,17,19H,4-9,12H2,(H2,27,31)(H,28,32). The van der Waals surface area contributed by atoms with E-state index in [2.05, 4.69) is 11.4 Å². The molecule has 32 heavy (non-hydrogen) atoms. The lowest BCUT2D eigenvalue weighted by Gasteiger charge is -2.41. The van der Waals surface area contributed by atoms with Crippen molar-refractivity contribution in [2.24, 2.45) is 11.7 Å². The molecule has 1 aromatic rings. The number of fused-ring (bicyclic) bond motifs is 1. The number of carbonyl (C=O) groups is 2. The highest BCUT2D eigenvalue weighted by atomic mass is 19.3. The van der Waals surface area contributed by atoms with Gasteiger partial charge in [-0.15, -0.1) is 0 Å². The molecule has 1 aromatic carbocycles. The number of nitrogens with zero attached hydrogens (tertiary/aromatic N) is 3. The molecule has 2 fully saturated rings. The van der Waals surface area contributed by atoms with Crippen molar-refractivity contribution >= 4 is 17.5 Å². The predicted octanol–water partition coefficient (Wildman–Crippen LogP) is 2.45. The summed E-state index contributed by atoms with van der Waals surface area (Å²) in [6, 6.07) is 6.48. The largest absolute Gasteiger partial charge is 0.369 e. The summed E-state index contributed by atoms with van der Waals surface area (Å²) < 4.78 is 40.6. The van der Waals surface area contributed by atoms with Gasteiger partial charge in [0, 0.05) is 44.1 Å². The first-order valence-electron chi connectivity index (χ1n) is 10.6. The monoisotopic (exact) mass is 447 g/mol. The van der Waals surface area contributed by atoms with Crippen LogP contribution in [-0.2, 0) is 4.79 Å². The van der Waals surface area contributed by atoms with Gasteiger partial charge in [-0.25, -0.2) is 18.0 Å². The zero-order valence-corrected chi connectivity index (χ0v) is 17.4. The Labute approximate surface area is 183 Å². The first-order valence-corrected chi connectivity index (χ1v) is 10.6. The molecule has 1 saturated carbocycles. The lowest BCUT2D eigenvalue weighted by Crippen LogP contribution is -2.58. The summed E-state index contributed by atoms with van der Waals surface area (Å²) in [5.74, 6) is -4.74. The molecule has 7 nitrogen and oxygen atoms in total. The molecule has 0 bridgehead atoms. The fourth-order valence-corrected chi connectivity index (χ4v) is 4.93. The molecule has 4 rings (SSSR count). The number of rotatable bonds is 3. The van der Waals surface area contributed by atoms with Crippen LogP contribution in [0.25, 0.3) is 5.57 Å². The highest BCUT2D eigenvalue weighted by Gasteiger charge is 2.48. The fraction of sp³-hybridized carbons (Fsp3) is 0.500. The molecular weight excluding hydrogens is 423 g/mol. The second kappa shape index (κ2) is 8.37. The van der Waals surface area contributed by atoms with E-state index < -0.39 is 29.6 Å². The van der Waals surface area contributed by atoms with E-state index in [9.17, 15) is 28.0 Å². The fourth-order valence-electron chi connectivity index (χ4n) is 4.93. The average Bonchev–Trinajstić information content (AvgIpc) is 3.09. The third kappa shape index (κ3) is 4.11. The smallest absolute Gasteiger partial charge is 0.317 e. The summed E-state index contributed by atoms with van der Waals surface area (Å²) in [6.07, 6.45) is -0.110. The second-order valence-electron chi connectivity index (χ2n) is 8.55. The molecule has 2 aliphatic heterocycles. The topological polar surface area (TPSA) is 102 Å². The van der Waals surface area contributed by atoms with Crippen LogP contribution in [0.1, 0.15) is 31.2 Å². The maximum absolute atomic E-state index is 13.8. The number of amides is 3. The number of piperazine rings is 1. The van der Waals surface area contributed by atoms with Gasteiger partial charge < -0.3 is 20.9 Å². The Kier molecular flexibility index (Phi) is 5.75. The number of allylic oxidation sites excluding steroid dienone is 1. The zero-order chi connectivity index (χ0) is 23.0. The van der Waals surface area contributed by atoms with Gasteiger partial charge in [-0.05, 0) is 30.5 Å².